The number of hydrogen-bond donors (Lipinski definition) is 2. The summed E-state index contributed by atoms with van der Waals surface area (Å²) in [6.45, 7) is 1.67. The highest BCUT2D eigenvalue weighted by Gasteiger charge is 2.22. The molecule has 4 N–H and O–H groups in total. The molecule has 34 heavy (non-hydrogen) atoms. The zero-order chi connectivity index (χ0) is 23.5. The number of piperidine rings is 1. The van der Waals surface area contributed by atoms with Gasteiger partial charge in [0.15, 0.2) is 11.6 Å². The average Bonchev–Trinajstić information content (AvgIpc) is 3.40. The number of Topliss-reactive ketones (excluding diaryl/α,β-unsaturated/α-hetero) is 1. The molecule has 9 heteroatoms. The van der Waals surface area contributed by atoms with Crippen LogP contribution in [-0.2, 0) is 6.42 Å². The molecule has 1 aliphatic heterocycles. The van der Waals surface area contributed by atoms with Crippen LogP contribution in [0.5, 0.6) is 0 Å². The average molecular weight is 455 g/mol. The van der Waals surface area contributed by atoms with Gasteiger partial charge in [-0.25, -0.2) is 14.6 Å². The second kappa shape index (κ2) is 9.40. The van der Waals surface area contributed by atoms with Gasteiger partial charge in [-0.1, -0.05) is 6.07 Å². The molecule has 1 fully saturated rings. The van der Waals surface area contributed by atoms with Gasteiger partial charge >= 0.3 is 0 Å². The first-order valence-electron chi connectivity index (χ1n) is 11.3. The number of rotatable bonds is 6. The number of nitrogen functional groups attached to an aromatic ring is 1. The normalized spacial score (nSPS) is 15.9. The summed E-state index contributed by atoms with van der Waals surface area (Å²) in [7, 11) is 0. The van der Waals surface area contributed by atoms with Gasteiger partial charge in [0.05, 0.1) is 17.1 Å². The quantitative estimate of drug-likeness (QED) is 0.426. The Morgan fingerprint density at radius 2 is 1.94 bits per heavy atom. The van der Waals surface area contributed by atoms with E-state index >= 15 is 0 Å². The van der Waals surface area contributed by atoms with Crippen LogP contribution in [0.2, 0.25) is 0 Å². The summed E-state index contributed by atoms with van der Waals surface area (Å²) in [6, 6.07) is 13.0. The summed E-state index contributed by atoms with van der Waals surface area (Å²) < 4.78 is 1.67. The van der Waals surface area contributed by atoms with Crippen LogP contribution < -0.4 is 16.4 Å². The molecule has 4 aromatic rings. The summed E-state index contributed by atoms with van der Waals surface area (Å²) in [5, 5.41) is 4.22. The number of aromatic nitrogens is 5. The largest absolute Gasteiger partial charge is 0.397 e. The third kappa shape index (κ3) is 4.51. The monoisotopic (exact) mass is 454 g/mol. The van der Waals surface area contributed by atoms with Gasteiger partial charge in [-0.2, -0.15) is 5.10 Å². The van der Waals surface area contributed by atoms with Gasteiger partial charge in [-0.15, -0.1) is 0 Å². The molecular weight excluding hydrogens is 428 g/mol. The Labute approximate surface area is 197 Å². The maximum atomic E-state index is 13.3. The Morgan fingerprint density at radius 3 is 2.76 bits per heavy atom. The molecule has 1 saturated heterocycles. The van der Waals surface area contributed by atoms with Crippen LogP contribution in [0.4, 0.5) is 11.4 Å². The first-order valence-corrected chi connectivity index (χ1v) is 11.3. The van der Waals surface area contributed by atoms with Crippen LogP contribution in [0.15, 0.2) is 67.3 Å². The molecule has 1 aliphatic rings. The van der Waals surface area contributed by atoms with Crippen molar-refractivity contribution in [2.24, 2.45) is 5.73 Å². The highest BCUT2D eigenvalue weighted by atomic mass is 16.1. The van der Waals surface area contributed by atoms with Crippen molar-refractivity contribution < 1.29 is 4.79 Å². The third-order valence-electron chi connectivity index (χ3n) is 5.95. The van der Waals surface area contributed by atoms with Gasteiger partial charge < -0.3 is 16.4 Å². The number of nitrogens with zero attached hydrogens (tertiary/aromatic N) is 6. The molecule has 0 amide bonds. The number of carbonyl (C=O) groups is 1. The predicted molar refractivity (Wildman–Crippen MR) is 131 cm³/mol. The molecule has 0 aliphatic carbocycles. The number of ketones is 1. The molecule has 172 valence electrons. The molecule has 0 bridgehead atoms. The molecule has 0 spiro atoms. The molecule has 0 saturated carbocycles. The number of nitrogens with two attached hydrogens (primary N) is 2. The SMILES string of the molecule is Nc1ccc(-c2cccc(-n3cccn3)n2)nc1C(=O)Cc1cnccc1N1CCC[C@H](N)C1. The fourth-order valence-electron chi connectivity index (χ4n) is 4.28. The smallest absolute Gasteiger partial charge is 0.187 e. The minimum atomic E-state index is -0.168. The predicted octanol–water partition coefficient (Wildman–Crippen LogP) is 2.66. The first kappa shape index (κ1) is 21.7. The summed E-state index contributed by atoms with van der Waals surface area (Å²) >= 11 is 0. The maximum absolute atomic E-state index is 13.3. The van der Waals surface area contributed by atoms with Gasteiger partial charge in [0.25, 0.3) is 0 Å². The van der Waals surface area contributed by atoms with Crippen LogP contribution in [0, 0.1) is 0 Å². The Bertz CT molecular complexity index is 1300. The van der Waals surface area contributed by atoms with Crippen molar-refractivity contribution in [3.05, 3.63) is 78.5 Å². The lowest BCUT2D eigenvalue weighted by Gasteiger charge is -2.33. The summed E-state index contributed by atoms with van der Waals surface area (Å²) in [5.41, 5.74) is 15.9. The van der Waals surface area contributed by atoms with Crippen molar-refractivity contribution in [2.75, 3.05) is 23.7 Å². The molecular formula is C25H26N8O. The molecule has 0 unspecified atom stereocenters. The number of pyridine rings is 3. The van der Waals surface area contributed by atoms with Crippen LogP contribution in [-0.4, -0.2) is 49.6 Å². The van der Waals surface area contributed by atoms with Crippen molar-refractivity contribution in [3.63, 3.8) is 0 Å². The third-order valence-corrected chi connectivity index (χ3v) is 5.95. The van der Waals surface area contributed by atoms with E-state index in [1.807, 2.05) is 36.5 Å². The Hall–Kier alpha value is -4.11. The zero-order valence-electron chi connectivity index (χ0n) is 18.7. The molecule has 5 heterocycles. The Morgan fingerprint density at radius 1 is 1.06 bits per heavy atom. The second-order valence-electron chi connectivity index (χ2n) is 8.42. The van der Waals surface area contributed by atoms with Crippen molar-refractivity contribution in [3.8, 4) is 17.2 Å². The molecule has 9 nitrogen and oxygen atoms in total. The number of anilines is 2. The van der Waals surface area contributed by atoms with E-state index in [-0.39, 0.29) is 23.9 Å². The Kier molecular flexibility index (Phi) is 6.01. The maximum Gasteiger partial charge on any atom is 0.187 e. The number of carbonyl (C=O) groups excluding carboxylic acids is 1. The summed E-state index contributed by atoms with van der Waals surface area (Å²) in [6.07, 6.45) is 9.18. The molecule has 4 aromatic heterocycles. The fourth-order valence-corrected chi connectivity index (χ4v) is 4.28. The minimum absolute atomic E-state index is 0.129. The lowest BCUT2D eigenvalue weighted by atomic mass is 10.0. The van der Waals surface area contributed by atoms with Crippen molar-refractivity contribution in [1.82, 2.24) is 24.7 Å². The van der Waals surface area contributed by atoms with E-state index in [2.05, 4.69) is 25.0 Å². The van der Waals surface area contributed by atoms with Crippen LogP contribution in [0.25, 0.3) is 17.2 Å². The van der Waals surface area contributed by atoms with Crippen molar-refractivity contribution >= 4 is 17.2 Å². The van der Waals surface area contributed by atoms with Crippen LogP contribution in [0.1, 0.15) is 28.9 Å². The molecule has 5 rings (SSSR count). The van der Waals surface area contributed by atoms with E-state index in [1.165, 1.54) is 0 Å². The Balaban J connectivity index is 1.42. The van der Waals surface area contributed by atoms with Gasteiger partial charge in [0, 0.05) is 61.6 Å². The van der Waals surface area contributed by atoms with Gasteiger partial charge in [-0.05, 0) is 49.2 Å². The van der Waals surface area contributed by atoms with Crippen LogP contribution >= 0.6 is 0 Å². The van der Waals surface area contributed by atoms with E-state index in [0.717, 1.165) is 37.2 Å². The van der Waals surface area contributed by atoms with E-state index in [4.69, 9.17) is 11.5 Å². The highest BCUT2D eigenvalue weighted by molar-refractivity contribution is 6.01. The van der Waals surface area contributed by atoms with Gasteiger partial charge in [0.2, 0.25) is 0 Å². The topological polar surface area (TPSA) is 129 Å². The van der Waals surface area contributed by atoms with E-state index in [9.17, 15) is 4.79 Å². The molecule has 1 atom stereocenters. The van der Waals surface area contributed by atoms with Gasteiger partial charge in [0.1, 0.15) is 5.69 Å². The minimum Gasteiger partial charge on any atom is -0.397 e. The lowest BCUT2D eigenvalue weighted by Crippen LogP contribution is -2.43. The lowest BCUT2D eigenvalue weighted by molar-refractivity contribution is 0.0989. The van der Waals surface area contributed by atoms with Gasteiger partial charge in [-0.3, -0.25) is 9.78 Å². The summed E-state index contributed by atoms with van der Waals surface area (Å²) in [5.74, 6) is 0.492. The number of hydrogen-bond acceptors (Lipinski definition) is 8. The summed E-state index contributed by atoms with van der Waals surface area (Å²) in [4.78, 5) is 29.0. The van der Waals surface area contributed by atoms with E-state index in [1.54, 1.807) is 35.4 Å². The van der Waals surface area contributed by atoms with Crippen molar-refractivity contribution in [1.29, 1.82) is 0 Å². The standard InChI is InChI=1S/C25H26N8O/c26-18-4-2-12-32(16-18)22-9-11-28-15-17(22)14-23(34)25-19(27)7-8-21(31-25)20-5-1-6-24(30-20)33-13-3-10-29-33/h1,3,5-11,13,15,18H,2,4,12,14,16,26-27H2/t18-/m0/s1. The zero-order valence-corrected chi connectivity index (χ0v) is 18.7. The van der Waals surface area contributed by atoms with Crippen LogP contribution in [0.3, 0.4) is 0 Å². The first-order chi connectivity index (χ1) is 16.6. The van der Waals surface area contributed by atoms with E-state index in [0.29, 0.717) is 22.9 Å². The molecule has 0 aromatic carbocycles. The second-order valence-corrected chi connectivity index (χ2v) is 8.42. The van der Waals surface area contributed by atoms with E-state index < -0.39 is 0 Å². The highest BCUT2D eigenvalue weighted by Crippen LogP contribution is 2.26. The van der Waals surface area contributed by atoms with Crippen molar-refractivity contribution in [2.45, 2.75) is 25.3 Å². The fraction of sp³-hybridized carbons (Fsp3) is 0.240. The molecule has 0 radical (unpaired) electrons.